The van der Waals surface area contributed by atoms with Crippen LogP contribution in [-0.2, 0) is 0 Å². The van der Waals surface area contributed by atoms with Gasteiger partial charge >= 0.3 is 0 Å². The highest BCUT2D eigenvalue weighted by atomic mass is 15.5. The van der Waals surface area contributed by atoms with Gasteiger partial charge in [-0.1, -0.05) is 5.21 Å². The molecular weight excluding hydrogens is 156 g/mol. The number of tetrazole rings is 1. The average Bonchev–Trinajstić information content (AvgIpc) is 2.54. The molecule has 1 saturated heterocycles. The maximum absolute atomic E-state index is 3.38. The van der Waals surface area contributed by atoms with Crippen molar-refractivity contribution in [1.82, 2.24) is 31.3 Å². The molecule has 0 atom stereocenters. The van der Waals surface area contributed by atoms with Crippen LogP contribution in [0, 0.1) is 0 Å². The lowest BCUT2D eigenvalue weighted by Gasteiger charge is -1.92. The number of H-pyrrole nitrogens is 1. The quantitative estimate of drug-likeness (QED) is 0.454. The number of nitrogens with one attached hydrogen (secondary N) is 3. The van der Waals surface area contributed by atoms with Crippen LogP contribution in [-0.4, -0.2) is 46.8 Å². The summed E-state index contributed by atoms with van der Waals surface area (Å²) in [5.74, 6) is 0. The van der Waals surface area contributed by atoms with Crippen LogP contribution in [0.15, 0.2) is 6.33 Å². The van der Waals surface area contributed by atoms with Gasteiger partial charge in [0.25, 0.3) is 0 Å². The Balaban J connectivity index is 0.000000127. The van der Waals surface area contributed by atoms with Crippen molar-refractivity contribution in [3.05, 3.63) is 6.33 Å². The van der Waals surface area contributed by atoms with E-state index in [4.69, 9.17) is 0 Å². The summed E-state index contributed by atoms with van der Waals surface area (Å²) in [7, 11) is 0. The van der Waals surface area contributed by atoms with Crippen LogP contribution >= 0.6 is 0 Å². The normalized spacial score (nSPS) is 17.3. The molecule has 1 aromatic rings. The first kappa shape index (κ1) is 9.08. The summed E-state index contributed by atoms with van der Waals surface area (Å²) in [4.78, 5) is 0. The van der Waals surface area contributed by atoms with Gasteiger partial charge in [-0.2, -0.15) is 5.21 Å². The molecular formula is C6H14N6. The minimum absolute atomic E-state index is 1.14. The van der Waals surface area contributed by atoms with E-state index >= 15 is 0 Å². The van der Waals surface area contributed by atoms with E-state index in [1.54, 1.807) is 0 Å². The minimum atomic E-state index is 1.14. The van der Waals surface area contributed by atoms with Gasteiger partial charge in [0.1, 0.15) is 0 Å². The topological polar surface area (TPSA) is 78.5 Å². The first-order chi connectivity index (χ1) is 6.00. The van der Waals surface area contributed by atoms with Gasteiger partial charge in [0.2, 0.25) is 0 Å². The number of aromatic amines is 1. The maximum atomic E-state index is 3.38. The third kappa shape index (κ3) is 4.75. The number of nitrogens with zero attached hydrogens (tertiary/aromatic N) is 3. The van der Waals surface area contributed by atoms with E-state index < -0.39 is 0 Å². The fourth-order valence-corrected chi connectivity index (χ4v) is 0.894. The zero-order chi connectivity index (χ0) is 8.49. The van der Waals surface area contributed by atoms with Crippen molar-refractivity contribution >= 4 is 0 Å². The van der Waals surface area contributed by atoms with Crippen molar-refractivity contribution in [2.24, 2.45) is 0 Å². The molecule has 0 spiro atoms. The predicted octanol–water partition coefficient (Wildman–Crippen LogP) is -1.23. The molecule has 0 unspecified atom stereocenters. The Morgan fingerprint density at radius 2 is 1.75 bits per heavy atom. The summed E-state index contributed by atoms with van der Waals surface area (Å²) < 4.78 is 0. The average molecular weight is 170 g/mol. The van der Waals surface area contributed by atoms with E-state index in [1.807, 2.05) is 0 Å². The molecule has 1 aliphatic heterocycles. The number of hydrogen-bond acceptors (Lipinski definition) is 5. The Bertz CT molecular complexity index is 126. The second kappa shape index (κ2) is 6.68. The second-order valence-electron chi connectivity index (χ2n) is 2.41. The van der Waals surface area contributed by atoms with Crippen molar-refractivity contribution in [1.29, 1.82) is 0 Å². The van der Waals surface area contributed by atoms with Crippen LogP contribution in [0.3, 0.4) is 0 Å². The summed E-state index contributed by atoms with van der Waals surface area (Å²) in [6.07, 6.45) is 2.61. The minimum Gasteiger partial charge on any atom is -0.315 e. The van der Waals surface area contributed by atoms with Crippen LogP contribution in [0.1, 0.15) is 6.42 Å². The lowest BCUT2D eigenvalue weighted by molar-refractivity contribution is 0.718. The molecule has 0 bridgehead atoms. The molecule has 0 saturated carbocycles. The Hall–Kier alpha value is -1.01. The first-order valence-corrected chi connectivity index (χ1v) is 4.08. The zero-order valence-electron chi connectivity index (χ0n) is 6.95. The number of aromatic nitrogens is 4. The highest BCUT2D eigenvalue weighted by molar-refractivity contribution is 4.58. The Kier molecular flexibility index (Phi) is 5.06. The molecule has 1 aromatic heterocycles. The fraction of sp³-hybridized carbons (Fsp3) is 0.833. The summed E-state index contributed by atoms with van der Waals surface area (Å²) in [5, 5.41) is 18.7. The van der Waals surface area contributed by atoms with Gasteiger partial charge in [-0.05, 0) is 19.5 Å². The fourth-order valence-electron chi connectivity index (χ4n) is 0.894. The SMILES string of the molecule is C1CNCCNC1.c1nn[nH]n1. The van der Waals surface area contributed by atoms with Gasteiger partial charge in [-0.3, -0.25) is 0 Å². The van der Waals surface area contributed by atoms with Crippen LogP contribution in [0.2, 0.25) is 0 Å². The third-order valence-corrected chi connectivity index (χ3v) is 1.46. The molecule has 0 radical (unpaired) electrons. The Morgan fingerprint density at radius 1 is 1.00 bits per heavy atom. The van der Waals surface area contributed by atoms with Gasteiger partial charge < -0.3 is 10.6 Å². The lowest BCUT2D eigenvalue weighted by Crippen LogP contribution is -2.21. The van der Waals surface area contributed by atoms with Crippen LogP contribution in [0.4, 0.5) is 0 Å². The molecule has 6 heteroatoms. The highest BCUT2D eigenvalue weighted by Crippen LogP contribution is 1.75. The molecule has 12 heavy (non-hydrogen) atoms. The van der Waals surface area contributed by atoms with Gasteiger partial charge in [-0.15, -0.1) is 10.2 Å². The molecule has 1 aliphatic rings. The predicted molar refractivity (Wildman–Crippen MR) is 44.5 cm³/mol. The van der Waals surface area contributed by atoms with E-state index in [0.717, 1.165) is 13.1 Å². The van der Waals surface area contributed by atoms with Crippen molar-refractivity contribution < 1.29 is 0 Å². The van der Waals surface area contributed by atoms with E-state index in [0.29, 0.717) is 0 Å². The third-order valence-electron chi connectivity index (χ3n) is 1.46. The zero-order valence-corrected chi connectivity index (χ0v) is 6.95. The van der Waals surface area contributed by atoms with Crippen molar-refractivity contribution in [2.45, 2.75) is 6.42 Å². The lowest BCUT2D eigenvalue weighted by atomic mass is 10.4. The van der Waals surface area contributed by atoms with E-state index in [9.17, 15) is 0 Å². The van der Waals surface area contributed by atoms with Gasteiger partial charge in [0.15, 0.2) is 6.33 Å². The van der Waals surface area contributed by atoms with E-state index in [1.165, 1.54) is 25.8 Å². The first-order valence-electron chi connectivity index (χ1n) is 4.08. The molecule has 2 rings (SSSR count). The van der Waals surface area contributed by atoms with Crippen molar-refractivity contribution in [3.8, 4) is 0 Å². The molecule has 2 heterocycles. The Labute approximate surface area is 71.1 Å². The van der Waals surface area contributed by atoms with Gasteiger partial charge in [0.05, 0.1) is 0 Å². The van der Waals surface area contributed by atoms with E-state index in [-0.39, 0.29) is 0 Å². The maximum Gasteiger partial charge on any atom is 0.161 e. The van der Waals surface area contributed by atoms with Crippen molar-refractivity contribution in [2.75, 3.05) is 26.2 Å². The smallest absolute Gasteiger partial charge is 0.161 e. The largest absolute Gasteiger partial charge is 0.315 e. The van der Waals surface area contributed by atoms with Crippen LogP contribution in [0.25, 0.3) is 0 Å². The second-order valence-corrected chi connectivity index (χ2v) is 2.41. The monoisotopic (exact) mass is 170 g/mol. The molecule has 68 valence electrons. The van der Waals surface area contributed by atoms with Crippen LogP contribution in [0.5, 0.6) is 0 Å². The van der Waals surface area contributed by atoms with Crippen LogP contribution < -0.4 is 10.6 Å². The molecule has 6 nitrogen and oxygen atoms in total. The molecule has 1 fully saturated rings. The van der Waals surface area contributed by atoms with Gasteiger partial charge in [-0.25, -0.2) is 0 Å². The summed E-state index contributed by atoms with van der Waals surface area (Å²) in [6, 6.07) is 0. The van der Waals surface area contributed by atoms with E-state index in [2.05, 4.69) is 31.3 Å². The highest BCUT2D eigenvalue weighted by Gasteiger charge is 1.92. The summed E-state index contributed by atoms with van der Waals surface area (Å²) in [6.45, 7) is 4.65. The summed E-state index contributed by atoms with van der Waals surface area (Å²) in [5.41, 5.74) is 0. The number of rotatable bonds is 0. The summed E-state index contributed by atoms with van der Waals surface area (Å²) >= 11 is 0. The standard InChI is InChI=1S/C5H12N2.CH2N4/c1-2-6-4-5-7-3-1;1-2-4-5-3-1/h6-7H,1-5H2;1H,(H,2,3,4,5). The molecule has 3 N–H and O–H groups in total. The molecule has 0 aliphatic carbocycles. The van der Waals surface area contributed by atoms with Gasteiger partial charge in [0, 0.05) is 13.1 Å². The molecule has 0 aromatic carbocycles. The van der Waals surface area contributed by atoms with Crippen molar-refractivity contribution in [3.63, 3.8) is 0 Å². The Morgan fingerprint density at radius 3 is 2.17 bits per heavy atom. The number of hydrogen-bond donors (Lipinski definition) is 3. The molecule has 0 amide bonds.